The van der Waals surface area contributed by atoms with Gasteiger partial charge in [0.25, 0.3) is 5.91 Å². The van der Waals surface area contributed by atoms with Crippen LogP contribution in [0.3, 0.4) is 0 Å². The zero-order chi connectivity index (χ0) is 18.2. The second kappa shape index (κ2) is 9.05. The van der Waals surface area contributed by atoms with Crippen molar-refractivity contribution in [1.29, 1.82) is 0 Å². The number of piperidine rings is 1. The molecule has 2 amide bonds. The summed E-state index contributed by atoms with van der Waals surface area (Å²) in [6.45, 7) is 2.51. The van der Waals surface area contributed by atoms with Gasteiger partial charge in [0.1, 0.15) is 5.75 Å². The zero-order valence-corrected chi connectivity index (χ0v) is 14.3. The van der Waals surface area contributed by atoms with E-state index in [0.29, 0.717) is 25.3 Å². The van der Waals surface area contributed by atoms with Crippen molar-refractivity contribution in [3.05, 3.63) is 30.3 Å². The van der Waals surface area contributed by atoms with Gasteiger partial charge in [-0.3, -0.25) is 14.4 Å². The van der Waals surface area contributed by atoms with Gasteiger partial charge in [0.2, 0.25) is 5.91 Å². The fraction of sp³-hybridized carbons (Fsp3) is 0.500. The van der Waals surface area contributed by atoms with Gasteiger partial charge in [-0.15, -0.1) is 0 Å². The number of hydrogen-bond acceptors (Lipinski definition) is 4. The SMILES string of the molecule is CC(CNC(=O)C1CCCN(C(=O)COc2ccccc2)C1)C(=O)O. The van der Waals surface area contributed by atoms with Crippen molar-refractivity contribution in [2.45, 2.75) is 19.8 Å². The number of aliphatic carboxylic acids is 1. The second-order valence-corrected chi connectivity index (χ2v) is 6.27. The zero-order valence-electron chi connectivity index (χ0n) is 14.3. The van der Waals surface area contributed by atoms with Gasteiger partial charge in [-0.25, -0.2) is 0 Å². The summed E-state index contributed by atoms with van der Waals surface area (Å²) < 4.78 is 5.47. The Labute approximate surface area is 147 Å². The smallest absolute Gasteiger partial charge is 0.308 e. The van der Waals surface area contributed by atoms with Gasteiger partial charge in [0.05, 0.1) is 11.8 Å². The van der Waals surface area contributed by atoms with Crippen molar-refractivity contribution in [2.75, 3.05) is 26.2 Å². The normalized spacial score (nSPS) is 18.3. The highest BCUT2D eigenvalue weighted by atomic mass is 16.5. The summed E-state index contributed by atoms with van der Waals surface area (Å²) >= 11 is 0. The number of amides is 2. The number of carboxylic acids is 1. The third-order valence-electron chi connectivity index (χ3n) is 4.25. The molecule has 1 aromatic carbocycles. The maximum atomic E-state index is 12.3. The Hall–Kier alpha value is -2.57. The van der Waals surface area contributed by atoms with Gasteiger partial charge >= 0.3 is 5.97 Å². The van der Waals surface area contributed by atoms with E-state index in [-0.39, 0.29) is 30.9 Å². The first-order valence-corrected chi connectivity index (χ1v) is 8.43. The van der Waals surface area contributed by atoms with Crippen LogP contribution in [0, 0.1) is 11.8 Å². The third kappa shape index (κ3) is 5.77. The minimum atomic E-state index is -0.946. The Kier molecular flexibility index (Phi) is 6.80. The van der Waals surface area contributed by atoms with Gasteiger partial charge < -0.3 is 20.1 Å². The van der Waals surface area contributed by atoms with E-state index in [2.05, 4.69) is 5.32 Å². The lowest BCUT2D eigenvalue weighted by atomic mass is 9.97. The average molecular weight is 348 g/mol. The molecule has 0 radical (unpaired) electrons. The second-order valence-electron chi connectivity index (χ2n) is 6.27. The van der Waals surface area contributed by atoms with E-state index >= 15 is 0 Å². The van der Waals surface area contributed by atoms with Crippen molar-refractivity contribution >= 4 is 17.8 Å². The lowest BCUT2D eigenvalue weighted by molar-refractivity contribution is -0.141. The molecular weight excluding hydrogens is 324 g/mol. The molecule has 1 aliphatic rings. The van der Waals surface area contributed by atoms with Crippen molar-refractivity contribution in [1.82, 2.24) is 10.2 Å². The molecule has 2 N–H and O–H groups in total. The molecule has 0 spiro atoms. The van der Waals surface area contributed by atoms with Crippen LogP contribution in [-0.2, 0) is 14.4 Å². The fourth-order valence-electron chi connectivity index (χ4n) is 2.66. The Morgan fingerprint density at radius 1 is 1.32 bits per heavy atom. The fourth-order valence-corrected chi connectivity index (χ4v) is 2.66. The van der Waals surface area contributed by atoms with Crippen molar-refractivity contribution in [2.24, 2.45) is 11.8 Å². The molecule has 0 aromatic heterocycles. The number of likely N-dealkylation sites (tertiary alicyclic amines) is 1. The summed E-state index contributed by atoms with van der Waals surface area (Å²) in [5.41, 5.74) is 0. The molecule has 136 valence electrons. The molecule has 2 unspecified atom stereocenters. The maximum absolute atomic E-state index is 12.3. The predicted octanol–water partition coefficient (Wildman–Crippen LogP) is 1.14. The summed E-state index contributed by atoms with van der Waals surface area (Å²) in [6.07, 6.45) is 1.43. The summed E-state index contributed by atoms with van der Waals surface area (Å²) in [6, 6.07) is 9.10. The molecule has 1 aliphatic heterocycles. The summed E-state index contributed by atoms with van der Waals surface area (Å²) in [4.78, 5) is 36.9. The molecule has 0 bridgehead atoms. The van der Waals surface area contributed by atoms with Crippen LogP contribution in [0.4, 0.5) is 0 Å². The molecule has 1 fully saturated rings. The average Bonchev–Trinajstić information content (AvgIpc) is 2.64. The maximum Gasteiger partial charge on any atom is 0.308 e. The van der Waals surface area contributed by atoms with E-state index in [1.165, 1.54) is 0 Å². The number of nitrogens with zero attached hydrogens (tertiary/aromatic N) is 1. The first kappa shape index (κ1) is 18.8. The van der Waals surface area contributed by atoms with Crippen molar-refractivity contribution in [3.63, 3.8) is 0 Å². The highest BCUT2D eigenvalue weighted by molar-refractivity contribution is 5.82. The molecule has 7 nitrogen and oxygen atoms in total. The quantitative estimate of drug-likeness (QED) is 0.770. The topological polar surface area (TPSA) is 95.9 Å². The molecule has 2 rings (SSSR count). The van der Waals surface area contributed by atoms with Gasteiger partial charge in [0.15, 0.2) is 6.61 Å². The van der Waals surface area contributed by atoms with Crippen molar-refractivity contribution in [3.8, 4) is 5.75 Å². The van der Waals surface area contributed by atoms with Crippen LogP contribution in [0.5, 0.6) is 5.75 Å². The first-order valence-electron chi connectivity index (χ1n) is 8.43. The lowest BCUT2D eigenvalue weighted by Crippen LogP contribution is -2.47. The highest BCUT2D eigenvalue weighted by Gasteiger charge is 2.29. The first-order chi connectivity index (χ1) is 12.0. The monoisotopic (exact) mass is 348 g/mol. The van der Waals surface area contributed by atoms with Crippen LogP contribution in [-0.4, -0.2) is 54.0 Å². The Balaban J connectivity index is 1.80. The van der Waals surface area contributed by atoms with Crippen LogP contribution in [0.15, 0.2) is 30.3 Å². The van der Waals surface area contributed by atoms with Crippen molar-refractivity contribution < 1.29 is 24.2 Å². The molecule has 1 aromatic rings. The van der Waals surface area contributed by atoms with E-state index < -0.39 is 11.9 Å². The Morgan fingerprint density at radius 2 is 2.04 bits per heavy atom. The van der Waals surface area contributed by atoms with Crippen LogP contribution >= 0.6 is 0 Å². The molecule has 2 atom stereocenters. The standard InChI is InChI=1S/C18H24N2O5/c1-13(18(23)24)10-19-17(22)14-6-5-9-20(11-14)16(21)12-25-15-7-3-2-4-8-15/h2-4,7-8,13-14H,5-6,9-12H2,1H3,(H,19,22)(H,23,24). The van der Waals surface area contributed by atoms with Crippen LogP contribution < -0.4 is 10.1 Å². The molecule has 1 saturated heterocycles. The van der Waals surface area contributed by atoms with Gasteiger partial charge in [0, 0.05) is 19.6 Å². The van der Waals surface area contributed by atoms with Gasteiger partial charge in [-0.05, 0) is 25.0 Å². The Bertz CT molecular complexity index is 605. The molecule has 1 heterocycles. The third-order valence-corrected chi connectivity index (χ3v) is 4.25. The number of para-hydroxylation sites is 1. The summed E-state index contributed by atoms with van der Waals surface area (Å²) in [5.74, 6) is -1.61. The van der Waals surface area contributed by atoms with Crippen LogP contribution in [0.25, 0.3) is 0 Å². The molecular formula is C18H24N2O5. The minimum absolute atomic E-state index is 0.0611. The molecule has 7 heteroatoms. The minimum Gasteiger partial charge on any atom is -0.484 e. The van der Waals surface area contributed by atoms with Gasteiger partial charge in [-0.2, -0.15) is 0 Å². The molecule has 25 heavy (non-hydrogen) atoms. The van der Waals surface area contributed by atoms with Crippen LogP contribution in [0.2, 0.25) is 0 Å². The lowest BCUT2D eigenvalue weighted by Gasteiger charge is -2.32. The predicted molar refractivity (Wildman–Crippen MR) is 91.1 cm³/mol. The largest absolute Gasteiger partial charge is 0.484 e. The number of hydrogen-bond donors (Lipinski definition) is 2. The number of ether oxygens (including phenoxy) is 1. The van der Waals surface area contributed by atoms with E-state index in [9.17, 15) is 14.4 Å². The van der Waals surface area contributed by atoms with Crippen LogP contribution in [0.1, 0.15) is 19.8 Å². The van der Waals surface area contributed by atoms with E-state index in [0.717, 1.165) is 6.42 Å². The number of rotatable bonds is 7. The number of carboxylic acid groups (broad SMARTS) is 1. The van der Waals surface area contributed by atoms with Gasteiger partial charge in [-0.1, -0.05) is 25.1 Å². The van der Waals surface area contributed by atoms with E-state index in [1.807, 2.05) is 18.2 Å². The molecule has 0 aliphatic carbocycles. The number of carbonyl (C=O) groups is 3. The summed E-state index contributed by atoms with van der Waals surface area (Å²) in [5, 5.41) is 11.5. The van der Waals surface area contributed by atoms with E-state index in [1.54, 1.807) is 24.0 Å². The number of nitrogens with one attached hydrogen (secondary N) is 1. The number of benzene rings is 1. The molecule has 0 saturated carbocycles. The highest BCUT2D eigenvalue weighted by Crippen LogP contribution is 2.17. The summed E-state index contributed by atoms with van der Waals surface area (Å²) in [7, 11) is 0. The number of carbonyl (C=O) groups excluding carboxylic acids is 2. The van der Waals surface area contributed by atoms with E-state index in [4.69, 9.17) is 9.84 Å². The Morgan fingerprint density at radius 3 is 2.72 bits per heavy atom.